The maximum absolute atomic E-state index is 11.6. The van der Waals surface area contributed by atoms with E-state index in [1.54, 1.807) is 84.9 Å². The fourth-order valence-corrected chi connectivity index (χ4v) is 8.09. The molecule has 0 spiro atoms. The summed E-state index contributed by atoms with van der Waals surface area (Å²) < 4.78 is 83.2. The van der Waals surface area contributed by atoms with Gasteiger partial charge in [0.2, 0.25) is 10.0 Å². The van der Waals surface area contributed by atoms with Gasteiger partial charge >= 0.3 is 23.9 Å². The molecule has 0 saturated heterocycles. The highest BCUT2D eigenvalue weighted by atomic mass is 32.2. The fourth-order valence-electron chi connectivity index (χ4n) is 6.66. The van der Waals surface area contributed by atoms with Crippen LogP contribution in [0.1, 0.15) is 184 Å². The number of aromatic carboxylic acids is 2. The zero-order valence-corrected chi connectivity index (χ0v) is 67.9. The predicted molar refractivity (Wildman–Crippen MR) is 443 cm³/mol. The normalized spacial score (nSPS) is 9.32. The Hall–Kier alpha value is -12.2. The van der Waals surface area contributed by atoms with Gasteiger partial charge in [0.25, 0.3) is 38.0 Å². The van der Waals surface area contributed by atoms with Crippen molar-refractivity contribution in [2.75, 3.05) is 77.0 Å². The van der Waals surface area contributed by atoms with Gasteiger partial charge in [0, 0.05) is 92.0 Å². The average Bonchev–Trinajstić information content (AvgIpc) is 0.863. The number of hydrogen-bond acceptors (Lipinski definition) is 23. The van der Waals surface area contributed by atoms with Crippen molar-refractivity contribution >= 4 is 117 Å². The Bertz CT molecular complexity index is 4230. The molecular weight excluding hydrogens is 1520 g/mol. The number of carbonyl (C=O) groups is 8. The van der Waals surface area contributed by atoms with Crippen LogP contribution in [0.5, 0.6) is 11.5 Å². The lowest BCUT2D eigenvalue weighted by Gasteiger charge is -2.04. The van der Waals surface area contributed by atoms with E-state index in [9.17, 15) is 68.7 Å². The average molecular weight is 1630 g/mol. The molecule has 7 aromatic rings. The fraction of sp³-hybridized carbons (Fsp3) is 0.324. The minimum Gasteiger partial charge on any atom is -0.507 e. The molecule has 0 fully saturated rings. The van der Waals surface area contributed by atoms with Gasteiger partial charge in [-0.15, -0.1) is 0 Å². The first kappa shape index (κ1) is 113. The number of carboxylic acid groups (broad SMARTS) is 4. The molecule has 0 radical (unpaired) electrons. The van der Waals surface area contributed by atoms with Crippen molar-refractivity contribution in [2.45, 2.75) is 123 Å². The number of Topliss-reactive ketones (excluding diaryl/α,β-unsaturated/α-hetero) is 1. The monoisotopic (exact) mass is 1630 g/mol. The molecule has 0 atom stereocenters. The summed E-state index contributed by atoms with van der Waals surface area (Å²) in [5, 5.41) is 59.3. The number of nitrogens with zero attached hydrogens (tertiary/aromatic N) is 3. The Morgan fingerprint density at radius 1 is 0.375 bits per heavy atom. The van der Waals surface area contributed by atoms with Crippen molar-refractivity contribution in [1.29, 1.82) is 0 Å². The first-order valence-corrected chi connectivity index (χ1v) is 39.4. The lowest BCUT2D eigenvalue weighted by atomic mass is 10.1. The summed E-state index contributed by atoms with van der Waals surface area (Å²) in [7, 11) is -11.9. The summed E-state index contributed by atoms with van der Waals surface area (Å²) in [6.07, 6.45) is -0.121. The molecule has 35 nitrogen and oxygen atoms in total. The van der Waals surface area contributed by atoms with Crippen LogP contribution in [-0.4, -0.2) is 149 Å². The molecule has 38 heteroatoms. The maximum Gasteiger partial charge on any atom is 0.339 e. The number of ketones is 1. The third-order valence-electron chi connectivity index (χ3n) is 11.5. The highest BCUT2D eigenvalue weighted by Crippen LogP contribution is 2.22. The minimum atomic E-state index is -4.06. The molecule has 0 aliphatic rings. The minimum absolute atomic E-state index is 0.00803. The number of aliphatic carboxylic acids is 2. The zero-order chi connectivity index (χ0) is 88.3. The molecule has 25 N–H and O–H groups in total. The lowest BCUT2D eigenvalue weighted by molar-refractivity contribution is -0.137. The Morgan fingerprint density at radius 2 is 0.670 bits per heavy atom. The second-order valence-electron chi connectivity index (χ2n) is 19.4. The summed E-state index contributed by atoms with van der Waals surface area (Å²) >= 11 is 0. The van der Waals surface area contributed by atoms with E-state index in [-0.39, 0.29) is 79.4 Å². The molecule has 7 aromatic carbocycles. The number of benzene rings is 7. The van der Waals surface area contributed by atoms with E-state index in [4.69, 9.17) is 80.3 Å². The number of phenols is 2. The number of nitrogens with one attached hydrogen (secondary N) is 3. The van der Waals surface area contributed by atoms with Crippen LogP contribution in [-0.2, 0) is 46.3 Å². The highest BCUT2D eigenvalue weighted by Gasteiger charge is 2.15. The van der Waals surface area contributed by atoms with E-state index < -0.39 is 89.0 Å². The van der Waals surface area contributed by atoms with Crippen LogP contribution in [0, 0.1) is 0 Å². The zero-order valence-electron chi connectivity index (χ0n) is 65.5. The van der Waals surface area contributed by atoms with Gasteiger partial charge in [-0.05, 0) is 163 Å². The van der Waals surface area contributed by atoms with Crippen LogP contribution < -0.4 is 56.1 Å². The lowest BCUT2D eigenvalue weighted by Crippen LogP contribution is -2.28. The van der Waals surface area contributed by atoms with Crippen molar-refractivity contribution in [3.05, 3.63) is 207 Å². The molecule has 0 aromatic heterocycles. The third kappa shape index (κ3) is 60.8. The Balaban J connectivity index is -0.000000225. The SMILES string of the molecule is CC.CC.CC.CC.CC.CC.CC.Nc1ccc(C(=O)NCCC(=O)O)cc1.Nc1ccc(C(=O)NCCS(=O)(=O)O)cc1.Nc1ccc(C(=O)O)cc1.Nc1ccc(CC(=O)O)cc1.Nc1ccc(O)c(C(=O)CCCS(=O)(=O)O)c1.Nc1ccc(O)c(C(=O)O)c1.[N-]=[N+]=NS(=O)(=O)CCNC(=O)c1ccc(N)cc1. The van der Waals surface area contributed by atoms with Gasteiger partial charge in [0.05, 0.1) is 41.2 Å². The van der Waals surface area contributed by atoms with Crippen LogP contribution in [0.15, 0.2) is 162 Å². The van der Waals surface area contributed by atoms with Gasteiger partial charge in [0.15, 0.2) is 5.78 Å². The number of aromatic hydroxyl groups is 2. The number of phenolic OH excluding ortho intramolecular Hbond substituents is 1. The number of rotatable bonds is 22. The number of carboxylic acids is 4. The molecule has 0 aliphatic heterocycles. The van der Waals surface area contributed by atoms with E-state index in [1.807, 2.05) is 96.9 Å². The van der Waals surface area contributed by atoms with Crippen LogP contribution in [0.2, 0.25) is 0 Å². The maximum atomic E-state index is 11.6. The molecule has 3 amide bonds. The van der Waals surface area contributed by atoms with Gasteiger partial charge in [-0.1, -0.05) is 109 Å². The van der Waals surface area contributed by atoms with Crippen molar-refractivity contribution < 1.29 is 103 Å². The number of nitrogen functional groups attached to an aromatic ring is 7. The summed E-state index contributed by atoms with van der Waals surface area (Å²) in [5.41, 5.74) is 51.5. The molecule has 112 heavy (non-hydrogen) atoms. The largest absolute Gasteiger partial charge is 0.507 e. The van der Waals surface area contributed by atoms with Gasteiger partial charge < -0.3 is 86.7 Å². The molecule has 0 bridgehead atoms. The number of amides is 3. The van der Waals surface area contributed by atoms with Gasteiger partial charge in [0.1, 0.15) is 17.1 Å². The van der Waals surface area contributed by atoms with Crippen molar-refractivity contribution in [3.8, 4) is 11.5 Å². The molecule has 0 aliphatic carbocycles. The molecule has 0 saturated carbocycles. The molecular formula is C74H113N13O22S3. The Labute approximate surface area is 656 Å². The van der Waals surface area contributed by atoms with E-state index in [2.05, 4.69) is 25.4 Å². The first-order chi connectivity index (χ1) is 52.7. The molecule has 0 heterocycles. The molecule has 0 unspecified atom stereocenters. The van der Waals surface area contributed by atoms with Gasteiger partial charge in [-0.2, -0.15) is 16.8 Å². The number of hydrogen-bond donors (Lipinski definition) is 18. The number of sulfonamides is 1. The van der Waals surface area contributed by atoms with E-state index in [0.29, 0.717) is 56.5 Å². The number of anilines is 7. The second kappa shape index (κ2) is 66.9. The standard InChI is InChI=1S/C10H12N2O3.C10H13NO5S.C9H11N5O3S.C9H12N2O4S.C8H9NO2.C7H7NO3.C7H7NO2.7C2H6/c11-8-3-1-7(2-4-8)10(15)12-6-5-9(13)14;11-7-3-4-10(13)8(6-7)9(12)2-1-5-17(14,15)16;10-8-3-1-7(2-4-8)9(15)12-5-6-18(16,17)14-13-11;10-8-3-1-7(2-4-8)9(12)11-5-6-16(13,14)15;9-7-3-1-6(2-4-7)5-8(10)11;8-4-1-2-6(9)5(3-4)7(10)11;8-6-3-1-5(2-4-6)7(9)10;7*1-2/h1-4H,5-6,11H2,(H,12,15)(H,13,14);3-4,6,13H,1-2,5,11H2,(H,14,15,16);1-4H,5-6,10H2,(H,12,15);1-4H,5-6,10H2,(H,11,12)(H,13,14,15);1-4H,5,9H2,(H,10,11);1-3,9H,8H2,(H,10,11);1-4H,8H2,(H,9,10);7*1-2H3. The summed E-state index contributed by atoms with van der Waals surface area (Å²) in [4.78, 5) is 89.2. The summed E-state index contributed by atoms with van der Waals surface area (Å²) in [6, 6.07) is 39.6. The second-order valence-corrected chi connectivity index (χ2v) is 24.3. The topological polar surface area (TPSA) is 668 Å². The number of azide groups is 1. The first-order valence-electron chi connectivity index (χ1n) is 34.6. The quantitative estimate of drug-likeness (QED) is 0.00570. The van der Waals surface area contributed by atoms with Crippen LogP contribution in [0.25, 0.3) is 10.4 Å². The van der Waals surface area contributed by atoms with Crippen molar-refractivity contribution in [2.24, 2.45) is 4.52 Å². The number of carbonyl (C=O) groups excluding carboxylic acids is 4. The molecule has 7 rings (SSSR count). The third-order valence-corrected chi connectivity index (χ3v) is 14.0. The predicted octanol–water partition coefficient (Wildman–Crippen LogP) is 11.5. The molecule has 624 valence electrons. The highest BCUT2D eigenvalue weighted by molar-refractivity contribution is 7.90. The van der Waals surface area contributed by atoms with Gasteiger partial charge in [-0.3, -0.25) is 37.9 Å². The van der Waals surface area contributed by atoms with Crippen molar-refractivity contribution in [1.82, 2.24) is 16.0 Å². The Kier molecular flexibility index (Phi) is 67.6. The van der Waals surface area contributed by atoms with Crippen LogP contribution in [0.4, 0.5) is 39.8 Å². The summed E-state index contributed by atoms with van der Waals surface area (Å²) in [6.45, 7) is 27.9. The number of nitrogens with two attached hydrogens (primary N) is 7. The smallest absolute Gasteiger partial charge is 0.339 e. The van der Waals surface area contributed by atoms with E-state index in [0.717, 1.165) is 5.56 Å². The van der Waals surface area contributed by atoms with E-state index in [1.165, 1.54) is 72.8 Å². The van der Waals surface area contributed by atoms with Crippen LogP contribution in [0.3, 0.4) is 0 Å². The van der Waals surface area contributed by atoms with Gasteiger partial charge in [-0.25, -0.2) is 18.0 Å². The summed E-state index contributed by atoms with van der Waals surface area (Å²) in [5.74, 6) is -7.34. The van der Waals surface area contributed by atoms with Crippen molar-refractivity contribution in [3.63, 3.8) is 0 Å². The van der Waals surface area contributed by atoms with E-state index >= 15 is 0 Å². The van der Waals surface area contributed by atoms with Crippen LogP contribution >= 0.6 is 0 Å². The Morgan fingerprint density at radius 3 is 0.964 bits per heavy atom.